The summed E-state index contributed by atoms with van der Waals surface area (Å²) in [5.41, 5.74) is 0.132. The van der Waals surface area contributed by atoms with Crippen molar-refractivity contribution in [2.45, 2.75) is 125 Å². The van der Waals surface area contributed by atoms with E-state index >= 15 is 0 Å². The molecule has 0 atom stereocenters. The third-order valence-electron chi connectivity index (χ3n) is 12.8. The molecule has 0 aliphatic carbocycles. The van der Waals surface area contributed by atoms with Crippen LogP contribution in [0.4, 0.5) is 0 Å². The number of phenols is 6. The molecular weight excluding hydrogens is 1140 g/mol. The van der Waals surface area contributed by atoms with Gasteiger partial charge in [0.2, 0.25) is 0 Å². The molecule has 0 radical (unpaired) electrons. The lowest BCUT2D eigenvalue weighted by Crippen LogP contribution is -2.19. The van der Waals surface area contributed by atoms with E-state index in [1.54, 1.807) is 72.8 Å². The Bertz CT molecular complexity index is 3450. The van der Waals surface area contributed by atoms with Gasteiger partial charge in [0.15, 0.2) is 69.0 Å². The number of aromatic nitrogens is 6. The molecular formula is C72H90N6O12. The molecule has 10 rings (SSSR count). The van der Waals surface area contributed by atoms with Gasteiger partial charge in [0.25, 0.3) is 0 Å². The van der Waals surface area contributed by atoms with Crippen molar-refractivity contribution in [2.75, 3.05) is 39.6 Å². The predicted molar refractivity (Wildman–Crippen MR) is 357 cm³/mol. The normalized spacial score (nSPS) is 12.2. The first kappa shape index (κ1) is 68.4. The van der Waals surface area contributed by atoms with Gasteiger partial charge in [0, 0.05) is 106 Å². The maximum absolute atomic E-state index is 11.6. The first-order valence-electron chi connectivity index (χ1n) is 30.0. The molecule has 4 heterocycles. The fourth-order valence-electron chi connectivity index (χ4n) is 7.97. The van der Waals surface area contributed by atoms with E-state index in [0.29, 0.717) is 74.1 Å². The number of benzene rings is 6. The lowest BCUT2D eigenvalue weighted by molar-refractivity contribution is 0.167. The van der Waals surface area contributed by atoms with Crippen LogP contribution in [0.15, 0.2) is 110 Å². The molecule has 6 aromatic carbocycles. The Balaban J connectivity index is 1.62. The Morgan fingerprint density at radius 1 is 0.233 bits per heavy atom. The molecule has 0 aliphatic heterocycles. The van der Waals surface area contributed by atoms with Gasteiger partial charge in [-0.3, -0.25) is 29.9 Å². The second-order valence-corrected chi connectivity index (χ2v) is 29.8. The lowest BCUT2D eigenvalue weighted by Gasteiger charge is -2.23. The summed E-state index contributed by atoms with van der Waals surface area (Å²) in [6.07, 6.45) is 8.22. The standard InChI is InChI=1S/C72H90N6O12/c1-67(2,3)37-85-55-25-49-50(26-56(55)86-38-68(4,5)6)74-32-44-21-22-46(64(82)62(44)80)34-76-53-29-59(89-41-71(13,14)15)60(90-42-72(16,17)18)30-54(53)78-36-48-24-23-47(65(83)66(48)84)35-77-52-28-58(88-40-70(10,11)12)57(87-39-69(7,8)9)27-51(52)75-33-45-20-19-43(31-73-49)61(79)63(45)81/h19-36,79-84H,37-42H2,1-18H3. The van der Waals surface area contributed by atoms with Crippen LogP contribution in [-0.2, 0) is 0 Å². The van der Waals surface area contributed by atoms with E-state index in [1.165, 1.54) is 37.2 Å². The summed E-state index contributed by atoms with van der Waals surface area (Å²) >= 11 is 0. The van der Waals surface area contributed by atoms with Crippen LogP contribution in [-0.4, -0.2) is 100 Å². The van der Waals surface area contributed by atoms with Crippen molar-refractivity contribution in [2.24, 2.45) is 32.5 Å². The summed E-state index contributed by atoms with van der Waals surface area (Å²) in [6.45, 7) is 38.7. The van der Waals surface area contributed by atoms with Gasteiger partial charge in [-0.2, -0.15) is 0 Å². The van der Waals surface area contributed by atoms with Gasteiger partial charge in [0.1, 0.15) is 0 Å². The Morgan fingerprint density at radius 2 is 0.356 bits per heavy atom. The highest BCUT2D eigenvalue weighted by Gasteiger charge is 2.22. The molecule has 6 N–H and O–H groups in total. The van der Waals surface area contributed by atoms with Gasteiger partial charge in [-0.25, -0.2) is 0 Å². The van der Waals surface area contributed by atoms with Crippen molar-refractivity contribution in [3.63, 3.8) is 0 Å². The molecule has 0 saturated carbocycles. The second-order valence-electron chi connectivity index (χ2n) is 29.8. The number of fused-ring (bicyclic) bond motifs is 3. The van der Waals surface area contributed by atoms with Gasteiger partial charge in [0.05, 0.1) is 72.7 Å². The molecule has 0 unspecified atom stereocenters. The van der Waals surface area contributed by atoms with Gasteiger partial charge in [-0.15, -0.1) is 0 Å². The van der Waals surface area contributed by atoms with Crippen molar-refractivity contribution in [1.82, 2.24) is 29.9 Å². The number of phenolic OH excluding ortho intramolecular Hbond substituents is 6. The zero-order valence-corrected chi connectivity index (χ0v) is 55.5. The van der Waals surface area contributed by atoms with Crippen LogP contribution in [0, 0.1) is 32.5 Å². The summed E-state index contributed by atoms with van der Waals surface area (Å²) in [7, 11) is 0. The number of aromatic hydroxyl groups is 6. The van der Waals surface area contributed by atoms with Crippen LogP contribution in [0.3, 0.4) is 0 Å². The molecule has 4 aromatic heterocycles. The van der Waals surface area contributed by atoms with Gasteiger partial charge < -0.3 is 59.1 Å². The zero-order valence-electron chi connectivity index (χ0n) is 55.5. The molecule has 10 aromatic rings. The molecule has 0 fully saturated rings. The monoisotopic (exact) mass is 1230 g/mol. The average molecular weight is 1230 g/mol. The van der Waals surface area contributed by atoms with E-state index in [1.807, 2.05) is 125 Å². The van der Waals surface area contributed by atoms with Crippen LogP contribution < -0.4 is 28.4 Å². The maximum atomic E-state index is 11.6. The smallest absolute Gasteiger partial charge is 0.167 e. The summed E-state index contributed by atoms with van der Waals surface area (Å²) in [4.78, 5) is 28.7. The molecule has 18 heteroatoms. The molecule has 18 nitrogen and oxygen atoms in total. The van der Waals surface area contributed by atoms with E-state index in [2.05, 4.69) is 0 Å². The minimum Gasteiger partial charge on any atom is -0.504 e. The van der Waals surface area contributed by atoms with Crippen molar-refractivity contribution in [3.05, 3.63) is 110 Å². The minimum absolute atomic E-state index is 0.138. The van der Waals surface area contributed by atoms with Crippen molar-refractivity contribution < 1.29 is 59.1 Å². The van der Waals surface area contributed by atoms with Crippen LogP contribution in [0.2, 0.25) is 0 Å². The SMILES string of the molecule is CC(C)(C)COc1cc2ncc3ccc(cnc4cc(OCC(C)(C)C)c(OCC(C)(C)C)cc4ncc4ccc(cnc5cc(OCC(C)(C)C)c(OCC(C)(C)C)cc5ncc5ccc(cnc2cc1OCC(C)(C)C)c(O)c5O)c(O)c4O)c(O)c3O. The molecule has 0 aliphatic rings. The van der Waals surface area contributed by atoms with Gasteiger partial charge >= 0.3 is 0 Å². The average Bonchev–Trinajstić information content (AvgIpc) is 0.957. The molecule has 6 bridgehead atoms. The Morgan fingerprint density at radius 3 is 0.467 bits per heavy atom. The third kappa shape index (κ3) is 19.7. The molecule has 0 spiro atoms. The third-order valence-corrected chi connectivity index (χ3v) is 12.8. The topological polar surface area (TPSA) is 254 Å². The highest BCUT2D eigenvalue weighted by Crippen LogP contribution is 2.40. The van der Waals surface area contributed by atoms with Gasteiger partial charge in [-0.05, 0) is 68.9 Å². The molecule has 0 amide bonds. The van der Waals surface area contributed by atoms with E-state index in [9.17, 15) is 30.6 Å². The fourth-order valence-corrected chi connectivity index (χ4v) is 7.97. The Hall–Kier alpha value is -9.06. The lowest BCUT2D eigenvalue weighted by atomic mass is 9.98. The van der Waals surface area contributed by atoms with Crippen LogP contribution in [0.1, 0.15) is 125 Å². The highest BCUT2D eigenvalue weighted by molar-refractivity contribution is 5.86. The summed E-state index contributed by atoms with van der Waals surface area (Å²) in [5.74, 6) is -0.712. The second kappa shape index (κ2) is 27.4. The van der Waals surface area contributed by atoms with E-state index in [4.69, 9.17) is 58.3 Å². The number of ether oxygens (including phenoxy) is 6. The van der Waals surface area contributed by atoms with Crippen molar-refractivity contribution in [1.29, 1.82) is 0 Å². The maximum Gasteiger partial charge on any atom is 0.167 e. The van der Waals surface area contributed by atoms with E-state index < -0.39 is 34.5 Å². The van der Waals surface area contributed by atoms with Crippen LogP contribution in [0.25, 0.3) is 65.4 Å². The van der Waals surface area contributed by atoms with E-state index in [-0.39, 0.29) is 97.9 Å². The van der Waals surface area contributed by atoms with Crippen molar-refractivity contribution in [3.8, 4) is 69.0 Å². The van der Waals surface area contributed by atoms with Crippen LogP contribution in [0.5, 0.6) is 69.0 Å². The molecule has 90 heavy (non-hydrogen) atoms. The first-order valence-corrected chi connectivity index (χ1v) is 30.0. The Labute approximate surface area is 527 Å². The largest absolute Gasteiger partial charge is 0.504 e. The summed E-state index contributed by atoms with van der Waals surface area (Å²) < 4.78 is 38.4. The van der Waals surface area contributed by atoms with Crippen molar-refractivity contribution >= 4 is 65.4 Å². The van der Waals surface area contributed by atoms with Gasteiger partial charge in [-0.1, -0.05) is 125 Å². The number of nitrogens with zero attached hydrogens (tertiary/aromatic N) is 6. The van der Waals surface area contributed by atoms with Crippen LogP contribution >= 0.6 is 0 Å². The molecule has 0 saturated heterocycles. The Kier molecular flexibility index (Phi) is 20.8. The fraction of sp³-hybridized carbons (Fsp3) is 0.417. The quantitative estimate of drug-likeness (QED) is 0.0622. The van der Waals surface area contributed by atoms with E-state index in [0.717, 1.165) is 0 Å². The number of rotatable bonds is 12. The summed E-state index contributed by atoms with van der Waals surface area (Å²) in [6, 6.07) is 19.4. The molecule has 480 valence electrons. The number of hydrogen-bond acceptors (Lipinski definition) is 18. The number of hydrogen-bond donors (Lipinski definition) is 6. The first-order chi connectivity index (χ1) is 41.8. The zero-order chi connectivity index (χ0) is 66.3. The highest BCUT2D eigenvalue weighted by atomic mass is 16.5. The predicted octanol–water partition coefficient (Wildman–Crippen LogP) is 16.8. The summed E-state index contributed by atoms with van der Waals surface area (Å²) in [5, 5.41) is 70.6. The minimum atomic E-state index is -0.499.